The number of aldehydes is 1. The summed E-state index contributed by atoms with van der Waals surface area (Å²) in [5.41, 5.74) is 0.738. The van der Waals surface area contributed by atoms with Gasteiger partial charge in [0, 0.05) is 18.4 Å². The molecular formula is C24H34O4. The molecule has 1 heterocycles. The molecule has 5 rings (SSSR count). The molecule has 3 saturated carbocycles. The van der Waals surface area contributed by atoms with E-state index in [0.29, 0.717) is 23.5 Å². The van der Waals surface area contributed by atoms with Gasteiger partial charge in [-0.15, -0.1) is 0 Å². The number of allylic oxidation sites excluding steroid dienone is 1. The van der Waals surface area contributed by atoms with Crippen LogP contribution in [0.4, 0.5) is 0 Å². The molecule has 4 aliphatic carbocycles. The summed E-state index contributed by atoms with van der Waals surface area (Å²) in [6, 6.07) is 0. The molecule has 1 aliphatic heterocycles. The number of ether oxygens (including phenoxy) is 2. The zero-order valence-electron chi connectivity index (χ0n) is 17.2. The summed E-state index contributed by atoms with van der Waals surface area (Å²) >= 11 is 0. The van der Waals surface area contributed by atoms with Crippen LogP contribution in [0.2, 0.25) is 0 Å². The Bertz CT molecular complexity index is 678. The van der Waals surface area contributed by atoms with E-state index in [0.717, 1.165) is 77.2 Å². The molecule has 0 amide bonds. The van der Waals surface area contributed by atoms with Crippen LogP contribution in [-0.4, -0.2) is 31.1 Å². The number of Topliss-reactive ketones (excluding diaryl/α,β-unsaturated/α-hetero) is 1. The highest BCUT2D eigenvalue weighted by molar-refractivity contribution is 5.87. The third-order valence-electron chi connectivity index (χ3n) is 9.02. The first-order valence-corrected chi connectivity index (χ1v) is 11.6. The van der Waals surface area contributed by atoms with E-state index in [1.165, 1.54) is 11.9 Å². The van der Waals surface area contributed by atoms with Crippen LogP contribution < -0.4 is 0 Å². The second kappa shape index (κ2) is 7.05. The number of carbonyl (C=O) groups is 2. The maximum absolute atomic E-state index is 12.7. The first-order valence-electron chi connectivity index (χ1n) is 11.6. The second-order valence-electron chi connectivity index (χ2n) is 10.2. The molecule has 4 nitrogen and oxygen atoms in total. The molecule has 7 atom stereocenters. The lowest BCUT2D eigenvalue weighted by molar-refractivity contribution is -0.191. The lowest BCUT2D eigenvalue weighted by atomic mass is 9.47. The van der Waals surface area contributed by atoms with Crippen LogP contribution in [0.15, 0.2) is 11.6 Å². The van der Waals surface area contributed by atoms with E-state index in [1.807, 2.05) is 0 Å². The number of ketones is 1. The minimum absolute atomic E-state index is 0.0292. The van der Waals surface area contributed by atoms with Crippen LogP contribution in [0.1, 0.15) is 77.6 Å². The molecule has 0 bridgehead atoms. The molecule has 0 aromatic heterocycles. The maximum Gasteiger partial charge on any atom is 0.158 e. The summed E-state index contributed by atoms with van der Waals surface area (Å²) in [6.07, 6.45) is 14.5. The van der Waals surface area contributed by atoms with Gasteiger partial charge in [0.05, 0.1) is 11.5 Å². The van der Waals surface area contributed by atoms with E-state index in [2.05, 4.69) is 13.0 Å². The highest BCUT2D eigenvalue weighted by Crippen LogP contribution is 2.63. The zero-order valence-corrected chi connectivity index (χ0v) is 17.2. The Labute approximate surface area is 168 Å². The van der Waals surface area contributed by atoms with Crippen molar-refractivity contribution in [3.05, 3.63) is 11.6 Å². The molecule has 28 heavy (non-hydrogen) atoms. The molecule has 0 spiro atoms. The smallest absolute Gasteiger partial charge is 0.158 e. The Morgan fingerprint density at radius 3 is 2.79 bits per heavy atom. The first-order chi connectivity index (χ1) is 13.6. The van der Waals surface area contributed by atoms with Gasteiger partial charge in [-0.05, 0) is 87.5 Å². The molecule has 0 radical (unpaired) electrons. The largest absolute Gasteiger partial charge is 0.353 e. The van der Waals surface area contributed by atoms with Crippen LogP contribution in [-0.2, 0) is 19.1 Å². The Morgan fingerprint density at radius 1 is 1.11 bits per heavy atom. The van der Waals surface area contributed by atoms with Crippen LogP contribution in [0, 0.1) is 28.6 Å². The van der Waals surface area contributed by atoms with E-state index in [1.54, 1.807) is 0 Å². The average molecular weight is 387 g/mol. The van der Waals surface area contributed by atoms with E-state index >= 15 is 0 Å². The fourth-order valence-corrected chi connectivity index (χ4v) is 7.55. The minimum atomic E-state index is -0.368. The normalized spacial score (nSPS) is 48.2. The fraction of sp³-hybridized carbons (Fsp3) is 0.833. The first kappa shape index (κ1) is 19.0. The van der Waals surface area contributed by atoms with Gasteiger partial charge in [-0.2, -0.15) is 0 Å². The number of hydrogen-bond acceptors (Lipinski definition) is 4. The van der Waals surface area contributed by atoms with Gasteiger partial charge in [0.2, 0.25) is 0 Å². The summed E-state index contributed by atoms with van der Waals surface area (Å²) in [7, 11) is 0. The Morgan fingerprint density at radius 2 is 2.00 bits per heavy atom. The van der Waals surface area contributed by atoms with E-state index in [9.17, 15) is 9.59 Å². The molecule has 0 N–H and O–H groups in total. The fourth-order valence-electron chi connectivity index (χ4n) is 7.55. The molecule has 5 unspecified atom stereocenters. The zero-order chi connectivity index (χ0) is 19.4. The summed E-state index contributed by atoms with van der Waals surface area (Å²) in [5, 5.41) is 0. The van der Waals surface area contributed by atoms with Gasteiger partial charge >= 0.3 is 0 Å². The second-order valence-corrected chi connectivity index (χ2v) is 10.2. The van der Waals surface area contributed by atoms with Gasteiger partial charge in [-0.1, -0.05) is 13.0 Å². The monoisotopic (exact) mass is 386 g/mol. The third kappa shape index (κ3) is 2.70. The lowest BCUT2D eigenvalue weighted by Crippen LogP contribution is -2.53. The van der Waals surface area contributed by atoms with Crippen LogP contribution in [0.3, 0.4) is 0 Å². The molecule has 154 valence electrons. The van der Waals surface area contributed by atoms with Gasteiger partial charge in [0.25, 0.3) is 0 Å². The average Bonchev–Trinajstić information content (AvgIpc) is 3.03. The van der Waals surface area contributed by atoms with Crippen LogP contribution in [0.25, 0.3) is 0 Å². The quantitative estimate of drug-likeness (QED) is 0.525. The minimum Gasteiger partial charge on any atom is -0.353 e. The molecular weight excluding hydrogens is 352 g/mol. The van der Waals surface area contributed by atoms with Crippen molar-refractivity contribution in [3.8, 4) is 0 Å². The summed E-state index contributed by atoms with van der Waals surface area (Å²) < 4.78 is 12.3. The van der Waals surface area contributed by atoms with Gasteiger partial charge < -0.3 is 14.3 Å². The Hall–Kier alpha value is -1.00. The van der Waals surface area contributed by atoms with Crippen LogP contribution in [0.5, 0.6) is 0 Å². The van der Waals surface area contributed by atoms with Crippen molar-refractivity contribution in [2.45, 2.75) is 89.9 Å². The summed E-state index contributed by atoms with van der Waals surface area (Å²) in [5.74, 6) is 1.78. The predicted molar refractivity (Wildman–Crippen MR) is 106 cm³/mol. The van der Waals surface area contributed by atoms with Gasteiger partial charge in [-0.3, -0.25) is 4.79 Å². The van der Waals surface area contributed by atoms with Gasteiger partial charge in [0.15, 0.2) is 6.29 Å². The molecule has 1 saturated heterocycles. The Balaban J connectivity index is 1.44. The Kier molecular flexibility index (Phi) is 4.78. The van der Waals surface area contributed by atoms with Crippen molar-refractivity contribution >= 4 is 12.1 Å². The van der Waals surface area contributed by atoms with Gasteiger partial charge in [-0.25, -0.2) is 0 Å². The summed E-state index contributed by atoms with van der Waals surface area (Å²) in [6.45, 7) is 2.98. The number of rotatable bonds is 3. The topological polar surface area (TPSA) is 52.6 Å². The highest BCUT2D eigenvalue weighted by atomic mass is 16.7. The van der Waals surface area contributed by atoms with Crippen molar-refractivity contribution in [1.29, 1.82) is 0 Å². The van der Waals surface area contributed by atoms with Crippen molar-refractivity contribution in [2.24, 2.45) is 28.6 Å². The van der Waals surface area contributed by atoms with Crippen LogP contribution >= 0.6 is 0 Å². The van der Waals surface area contributed by atoms with E-state index in [4.69, 9.17) is 9.47 Å². The van der Waals surface area contributed by atoms with Crippen molar-refractivity contribution in [3.63, 3.8) is 0 Å². The van der Waals surface area contributed by atoms with Crippen molar-refractivity contribution in [1.82, 2.24) is 0 Å². The third-order valence-corrected chi connectivity index (χ3v) is 9.02. The van der Waals surface area contributed by atoms with E-state index < -0.39 is 0 Å². The van der Waals surface area contributed by atoms with Crippen molar-refractivity contribution < 1.29 is 19.1 Å². The molecule has 0 aromatic rings. The molecule has 5 aliphatic rings. The van der Waals surface area contributed by atoms with Gasteiger partial charge in [0.1, 0.15) is 12.1 Å². The standard InChI is InChI=1S/C24H34O4/c1-23-13-11-18-16(17(23)9-10-21(23)26)7-8-19-20(5-4-12-24(18,19)15-25)28-22-6-2-3-14-27-22/h8,15-18,20,22H,2-7,9-14H2,1H3/t16?,17?,18?,20?,22?,23-,24-/m0/s1. The summed E-state index contributed by atoms with van der Waals surface area (Å²) in [4.78, 5) is 25.2. The SMILES string of the molecule is C[C@]12CCC3C(CC=C4C(OC5CCCCO5)CCC[C@@]43C=O)C1CCC2=O. The maximum atomic E-state index is 12.7. The molecule has 4 heteroatoms. The number of hydrogen-bond donors (Lipinski definition) is 0. The number of fused-ring (bicyclic) bond motifs is 5. The molecule has 0 aromatic carbocycles. The lowest BCUT2D eigenvalue weighted by Gasteiger charge is -2.56. The van der Waals surface area contributed by atoms with Crippen molar-refractivity contribution in [2.75, 3.05) is 6.61 Å². The predicted octanol–water partition coefficient (Wildman–Crippen LogP) is 4.61. The van der Waals surface area contributed by atoms with E-state index in [-0.39, 0.29) is 23.2 Å². The molecule has 4 fully saturated rings. The number of carbonyl (C=O) groups excluding carboxylic acids is 2. The highest BCUT2D eigenvalue weighted by Gasteiger charge is 2.60.